The van der Waals surface area contributed by atoms with Crippen molar-refractivity contribution < 1.29 is 4.39 Å². The Labute approximate surface area is 75.6 Å². The summed E-state index contributed by atoms with van der Waals surface area (Å²) in [6.45, 7) is 0.605. The number of aryl methyl sites for hydroxylation is 1. The lowest BCUT2D eigenvalue weighted by Gasteiger charge is -2.01. The van der Waals surface area contributed by atoms with Crippen molar-refractivity contribution in [1.82, 2.24) is 4.98 Å². The molecule has 2 N–H and O–H groups in total. The Morgan fingerprint density at radius 1 is 1.58 bits per heavy atom. The van der Waals surface area contributed by atoms with Crippen LogP contribution in [0.15, 0.2) is 12.3 Å². The van der Waals surface area contributed by atoms with Gasteiger partial charge in [-0.25, -0.2) is 4.98 Å². The standard InChI is InChI=1S/C8H10ClFN2/c9-7-4-8(10)12-5-6(7)2-1-3-11/h4-5H,1-3,11H2. The van der Waals surface area contributed by atoms with Gasteiger partial charge < -0.3 is 5.73 Å². The largest absolute Gasteiger partial charge is 0.330 e. The van der Waals surface area contributed by atoms with Gasteiger partial charge in [0.1, 0.15) is 0 Å². The van der Waals surface area contributed by atoms with Gasteiger partial charge in [0.25, 0.3) is 0 Å². The molecule has 0 saturated carbocycles. The monoisotopic (exact) mass is 188 g/mol. The Hall–Kier alpha value is -0.670. The molecule has 0 radical (unpaired) electrons. The summed E-state index contributed by atoms with van der Waals surface area (Å²) in [5, 5.41) is 0.427. The van der Waals surface area contributed by atoms with E-state index >= 15 is 0 Å². The summed E-state index contributed by atoms with van der Waals surface area (Å²) in [5.41, 5.74) is 6.17. The molecule has 1 aromatic rings. The second kappa shape index (κ2) is 4.38. The van der Waals surface area contributed by atoms with Crippen LogP contribution in [0.1, 0.15) is 12.0 Å². The molecule has 0 aliphatic rings. The minimum atomic E-state index is -0.545. The van der Waals surface area contributed by atoms with E-state index in [1.807, 2.05) is 0 Å². The third-order valence-electron chi connectivity index (χ3n) is 1.55. The normalized spacial score (nSPS) is 10.2. The second-order valence-electron chi connectivity index (χ2n) is 2.49. The summed E-state index contributed by atoms with van der Waals surface area (Å²) in [7, 11) is 0. The summed E-state index contributed by atoms with van der Waals surface area (Å²) in [6, 6.07) is 1.22. The fraction of sp³-hybridized carbons (Fsp3) is 0.375. The average Bonchev–Trinajstić information content (AvgIpc) is 2.03. The molecule has 1 aromatic heterocycles. The summed E-state index contributed by atoms with van der Waals surface area (Å²) >= 11 is 5.74. The number of rotatable bonds is 3. The number of hydrogen-bond donors (Lipinski definition) is 1. The van der Waals surface area contributed by atoms with Crippen LogP contribution in [0.4, 0.5) is 4.39 Å². The van der Waals surface area contributed by atoms with E-state index in [1.54, 1.807) is 0 Å². The van der Waals surface area contributed by atoms with E-state index in [0.29, 0.717) is 11.6 Å². The van der Waals surface area contributed by atoms with Gasteiger partial charge in [-0.3, -0.25) is 0 Å². The van der Waals surface area contributed by atoms with Crippen molar-refractivity contribution in [2.75, 3.05) is 6.54 Å². The highest BCUT2D eigenvalue weighted by Gasteiger charge is 2.01. The molecule has 1 heterocycles. The quantitative estimate of drug-likeness (QED) is 0.735. The van der Waals surface area contributed by atoms with Crippen LogP contribution in [0.3, 0.4) is 0 Å². The molecule has 0 fully saturated rings. The zero-order valence-electron chi connectivity index (χ0n) is 6.56. The van der Waals surface area contributed by atoms with Crippen molar-refractivity contribution in [3.05, 3.63) is 28.8 Å². The Bertz CT molecular complexity index is 265. The minimum absolute atomic E-state index is 0.427. The first-order valence-electron chi connectivity index (χ1n) is 3.74. The van der Waals surface area contributed by atoms with Crippen LogP contribution in [0, 0.1) is 5.95 Å². The molecule has 0 aliphatic carbocycles. The topological polar surface area (TPSA) is 38.9 Å². The molecule has 2 nitrogen and oxygen atoms in total. The van der Waals surface area contributed by atoms with Crippen molar-refractivity contribution in [2.24, 2.45) is 5.73 Å². The van der Waals surface area contributed by atoms with Crippen LogP contribution < -0.4 is 5.73 Å². The Morgan fingerprint density at radius 3 is 2.92 bits per heavy atom. The van der Waals surface area contributed by atoms with E-state index in [-0.39, 0.29) is 0 Å². The molecule has 0 amide bonds. The zero-order valence-corrected chi connectivity index (χ0v) is 7.31. The van der Waals surface area contributed by atoms with Crippen LogP contribution >= 0.6 is 11.6 Å². The van der Waals surface area contributed by atoms with Gasteiger partial charge in [-0.15, -0.1) is 0 Å². The van der Waals surface area contributed by atoms with Crippen molar-refractivity contribution in [3.8, 4) is 0 Å². The van der Waals surface area contributed by atoms with Gasteiger partial charge in [0.05, 0.1) is 0 Å². The first kappa shape index (κ1) is 9.42. The summed E-state index contributed by atoms with van der Waals surface area (Å²) in [4.78, 5) is 3.50. The first-order valence-corrected chi connectivity index (χ1v) is 4.12. The molecule has 1 rings (SSSR count). The van der Waals surface area contributed by atoms with Crippen molar-refractivity contribution in [3.63, 3.8) is 0 Å². The maximum atomic E-state index is 12.4. The Morgan fingerprint density at radius 2 is 2.33 bits per heavy atom. The molecule has 0 atom stereocenters. The number of pyridine rings is 1. The van der Waals surface area contributed by atoms with E-state index in [1.165, 1.54) is 12.3 Å². The van der Waals surface area contributed by atoms with Gasteiger partial charge in [-0.05, 0) is 24.9 Å². The summed E-state index contributed by atoms with van der Waals surface area (Å²) in [5.74, 6) is -0.545. The number of hydrogen-bond acceptors (Lipinski definition) is 2. The molecule has 12 heavy (non-hydrogen) atoms. The molecule has 66 valence electrons. The summed E-state index contributed by atoms with van der Waals surface area (Å²) in [6.07, 6.45) is 3.04. The smallest absolute Gasteiger partial charge is 0.214 e. The Kier molecular flexibility index (Phi) is 3.44. The van der Waals surface area contributed by atoms with Gasteiger partial charge in [-0.1, -0.05) is 11.6 Å². The van der Waals surface area contributed by atoms with E-state index in [9.17, 15) is 4.39 Å². The van der Waals surface area contributed by atoms with Crippen LogP contribution in [-0.2, 0) is 6.42 Å². The minimum Gasteiger partial charge on any atom is -0.330 e. The molecule has 0 saturated heterocycles. The molecular weight excluding hydrogens is 179 g/mol. The highest BCUT2D eigenvalue weighted by atomic mass is 35.5. The Balaban J connectivity index is 2.72. The summed E-state index contributed by atoms with van der Waals surface area (Å²) < 4.78 is 12.4. The molecule has 0 unspecified atom stereocenters. The maximum Gasteiger partial charge on any atom is 0.214 e. The van der Waals surface area contributed by atoms with E-state index in [4.69, 9.17) is 17.3 Å². The van der Waals surface area contributed by atoms with Gasteiger partial charge >= 0.3 is 0 Å². The van der Waals surface area contributed by atoms with Gasteiger partial charge in [-0.2, -0.15) is 4.39 Å². The lowest BCUT2D eigenvalue weighted by molar-refractivity contribution is 0.582. The highest BCUT2D eigenvalue weighted by molar-refractivity contribution is 6.31. The molecular formula is C8H10ClFN2. The fourth-order valence-corrected chi connectivity index (χ4v) is 1.15. The maximum absolute atomic E-state index is 12.4. The number of aromatic nitrogens is 1. The van der Waals surface area contributed by atoms with Gasteiger partial charge in [0, 0.05) is 17.3 Å². The third-order valence-corrected chi connectivity index (χ3v) is 1.90. The van der Waals surface area contributed by atoms with Crippen LogP contribution in [0.2, 0.25) is 5.02 Å². The molecule has 0 aromatic carbocycles. The van der Waals surface area contributed by atoms with E-state index in [0.717, 1.165) is 18.4 Å². The number of nitrogens with zero attached hydrogens (tertiary/aromatic N) is 1. The average molecular weight is 189 g/mol. The molecule has 0 bridgehead atoms. The second-order valence-corrected chi connectivity index (χ2v) is 2.90. The lowest BCUT2D eigenvalue weighted by Crippen LogP contribution is -2.01. The number of halogens is 2. The predicted octanol–water partition coefficient (Wildman–Crippen LogP) is 1.77. The molecule has 4 heteroatoms. The van der Waals surface area contributed by atoms with Crippen LogP contribution in [0.25, 0.3) is 0 Å². The zero-order chi connectivity index (χ0) is 8.97. The predicted molar refractivity (Wildman–Crippen MR) is 46.6 cm³/mol. The highest BCUT2D eigenvalue weighted by Crippen LogP contribution is 2.16. The number of nitrogens with two attached hydrogens (primary N) is 1. The van der Waals surface area contributed by atoms with Crippen molar-refractivity contribution in [2.45, 2.75) is 12.8 Å². The fourth-order valence-electron chi connectivity index (χ4n) is 0.912. The van der Waals surface area contributed by atoms with Crippen LogP contribution in [0.5, 0.6) is 0 Å². The van der Waals surface area contributed by atoms with Gasteiger partial charge in [0.2, 0.25) is 5.95 Å². The van der Waals surface area contributed by atoms with E-state index in [2.05, 4.69) is 4.98 Å². The first-order chi connectivity index (χ1) is 5.74. The van der Waals surface area contributed by atoms with E-state index < -0.39 is 5.95 Å². The molecule has 0 spiro atoms. The van der Waals surface area contributed by atoms with Gasteiger partial charge in [0.15, 0.2) is 0 Å². The van der Waals surface area contributed by atoms with Crippen molar-refractivity contribution in [1.29, 1.82) is 0 Å². The lowest BCUT2D eigenvalue weighted by atomic mass is 10.1. The third kappa shape index (κ3) is 2.43. The van der Waals surface area contributed by atoms with Crippen molar-refractivity contribution >= 4 is 11.6 Å². The van der Waals surface area contributed by atoms with Crippen LogP contribution in [-0.4, -0.2) is 11.5 Å². The SMILES string of the molecule is NCCCc1cnc(F)cc1Cl. The molecule has 0 aliphatic heterocycles.